The summed E-state index contributed by atoms with van der Waals surface area (Å²) < 4.78 is 2.72. The number of hydrogen-bond acceptors (Lipinski definition) is 6. The number of aliphatic hydroxyl groups is 1. The van der Waals surface area contributed by atoms with Crippen molar-refractivity contribution in [3.05, 3.63) is 55.7 Å². The SMILES string of the molecule is CCn1c(NNC2CCC2)c(NCc2ccc(Cl)cc2)c(=O)n(CCCO)c1=O. The molecule has 1 heterocycles. The number of halogens is 1. The summed E-state index contributed by atoms with van der Waals surface area (Å²) in [5.74, 6) is 0.434. The van der Waals surface area contributed by atoms with E-state index in [-0.39, 0.29) is 18.8 Å². The van der Waals surface area contributed by atoms with Crippen LogP contribution in [0.3, 0.4) is 0 Å². The Bertz CT molecular complexity index is 935. The van der Waals surface area contributed by atoms with Crippen LogP contribution in [0.4, 0.5) is 11.5 Å². The molecule has 0 atom stereocenters. The number of aromatic nitrogens is 2. The summed E-state index contributed by atoms with van der Waals surface area (Å²) in [6, 6.07) is 7.69. The molecule has 0 unspecified atom stereocenters. The van der Waals surface area contributed by atoms with Crippen LogP contribution in [-0.4, -0.2) is 26.9 Å². The normalized spacial score (nSPS) is 13.9. The standard InChI is InChI=1S/C20H28ClN5O3/c1-2-25-18(24-23-16-5-3-6-16)17(19(28)26(20(25)29)11-4-12-27)22-13-14-7-9-15(21)10-8-14/h7-10,16,22-24,27H,2-6,11-13H2,1H3. The van der Waals surface area contributed by atoms with Crippen molar-refractivity contribution in [2.75, 3.05) is 17.3 Å². The van der Waals surface area contributed by atoms with Gasteiger partial charge in [0.2, 0.25) is 0 Å². The quantitative estimate of drug-likeness (QED) is 0.438. The summed E-state index contributed by atoms with van der Waals surface area (Å²) in [7, 11) is 0. The number of anilines is 2. The summed E-state index contributed by atoms with van der Waals surface area (Å²) in [5, 5.41) is 13.0. The van der Waals surface area contributed by atoms with Crippen LogP contribution in [0.25, 0.3) is 0 Å². The molecular weight excluding hydrogens is 394 g/mol. The van der Waals surface area contributed by atoms with Gasteiger partial charge < -0.3 is 15.8 Å². The van der Waals surface area contributed by atoms with Crippen molar-refractivity contribution in [2.45, 2.75) is 58.3 Å². The molecule has 0 saturated heterocycles. The molecule has 1 fully saturated rings. The summed E-state index contributed by atoms with van der Waals surface area (Å²) >= 11 is 5.95. The molecule has 0 amide bonds. The van der Waals surface area contributed by atoms with Crippen LogP contribution >= 0.6 is 11.6 Å². The van der Waals surface area contributed by atoms with Crippen LogP contribution in [0.1, 0.15) is 38.2 Å². The van der Waals surface area contributed by atoms with E-state index in [4.69, 9.17) is 16.7 Å². The molecule has 8 nitrogen and oxygen atoms in total. The largest absolute Gasteiger partial charge is 0.396 e. The lowest BCUT2D eigenvalue weighted by atomic mass is 9.94. The van der Waals surface area contributed by atoms with Crippen LogP contribution in [0.2, 0.25) is 5.02 Å². The molecule has 158 valence electrons. The zero-order chi connectivity index (χ0) is 20.8. The summed E-state index contributed by atoms with van der Waals surface area (Å²) in [6.07, 6.45) is 3.63. The Morgan fingerprint density at radius 3 is 2.48 bits per heavy atom. The number of nitrogens with zero attached hydrogens (tertiary/aromatic N) is 2. The molecule has 3 rings (SSSR count). The monoisotopic (exact) mass is 421 g/mol. The van der Waals surface area contributed by atoms with Crippen LogP contribution in [0.15, 0.2) is 33.9 Å². The second-order valence-electron chi connectivity index (χ2n) is 7.16. The zero-order valence-electron chi connectivity index (χ0n) is 16.6. The molecule has 1 saturated carbocycles. The van der Waals surface area contributed by atoms with E-state index in [0.717, 1.165) is 18.4 Å². The fourth-order valence-corrected chi connectivity index (χ4v) is 3.35. The van der Waals surface area contributed by atoms with E-state index >= 15 is 0 Å². The molecule has 1 aromatic heterocycles. The summed E-state index contributed by atoms with van der Waals surface area (Å²) in [5.41, 5.74) is 6.82. The number of nitrogens with one attached hydrogen (secondary N) is 3. The van der Waals surface area contributed by atoms with Crippen LogP contribution in [0, 0.1) is 0 Å². The predicted octanol–water partition coefficient (Wildman–Crippen LogP) is 2.15. The molecule has 1 aromatic carbocycles. The maximum Gasteiger partial charge on any atom is 0.332 e. The van der Waals surface area contributed by atoms with Crippen LogP contribution in [-0.2, 0) is 19.6 Å². The third-order valence-electron chi connectivity index (χ3n) is 5.17. The minimum Gasteiger partial charge on any atom is -0.396 e. The van der Waals surface area contributed by atoms with Crippen molar-refractivity contribution in [2.24, 2.45) is 0 Å². The fourth-order valence-electron chi connectivity index (χ4n) is 3.22. The molecule has 9 heteroatoms. The molecule has 2 aromatic rings. The Morgan fingerprint density at radius 1 is 1.17 bits per heavy atom. The Hall–Kier alpha value is -2.29. The predicted molar refractivity (Wildman–Crippen MR) is 116 cm³/mol. The Kier molecular flexibility index (Phi) is 7.35. The van der Waals surface area contributed by atoms with Gasteiger partial charge in [0.25, 0.3) is 5.56 Å². The van der Waals surface area contributed by atoms with E-state index in [1.165, 1.54) is 15.6 Å². The van der Waals surface area contributed by atoms with Crippen molar-refractivity contribution in [3.63, 3.8) is 0 Å². The Labute approximate surface area is 174 Å². The highest BCUT2D eigenvalue weighted by molar-refractivity contribution is 6.30. The fraction of sp³-hybridized carbons (Fsp3) is 0.500. The lowest BCUT2D eigenvalue weighted by Crippen LogP contribution is -2.46. The lowest BCUT2D eigenvalue weighted by Gasteiger charge is -2.28. The number of hydrogen-bond donors (Lipinski definition) is 4. The lowest BCUT2D eigenvalue weighted by molar-refractivity contribution is 0.277. The molecule has 1 aliphatic carbocycles. The minimum atomic E-state index is -0.403. The van der Waals surface area contributed by atoms with Gasteiger partial charge in [-0.3, -0.25) is 13.9 Å². The first-order valence-electron chi connectivity index (χ1n) is 10.0. The average molecular weight is 422 g/mol. The highest BCUT2D eigenvalue weighted by Crippen LogP contribution is 2.21. The highest BCUT2D eigenvalue weighted by atomic mass is 35.5. The van der Waals surface area contributed by atoms with E-state index in [0.29, 0.717) is 42.1 Å². The van der Waals surface area contributed by atoms with E-state index in [9.17, 15) is 9.59 Å². The molecule has 0 radical (unpaired) electrons. The second kappa shape index (κ2) is 9.96. The van der Waals surface area contributed by atoms with E-state index in [1.54, 1.807) is 12.1 Å². The summed E-state index contributed by atoms with van der Waals surface area (Å²) in [4.78, 5) is 26.0. The average Bonchev–Trinajstić information content (AvgIpc) is 2.68. The molecule has 0 spiro atoms. The van der Waals surface area contributed by atoms with Gasteiger partial charge in [0.15, 0.2) is 5.82 Å². The Morgan fingerprint density at radius 2 is 1.90 bits per heavy atom. The first kappa shape index (κ1) is 21.4. The van der Waals surface area contributed by atoms with Gasteiger partial charge in [0.1, 0.15) is 5.69 Å². The van der Waals surface area contributed by atoms with Gasteiger partial charge in [-0.25, -0.2) is 10.2 Å². The van der Waals surface area contributed by atoms with Gasteiger partial charge in [0, 0.05) is 37.3 Å². The van der Waals surface area contributed by atoms with Gasteiger partial charge >= 0.3 is 5.69 Å². The van der Waals surface area contributed by atoms with Gasteiger partial charge in [-0.1, -0.05) is 30.2 Å². The third kappa shape index (κ3) is 5.01. The van der Waals surface area contributed by atoms with E-state index in [1.807, 2.05) is 19.1 Å². The molecule has 29 heavy (non-hydrogen) atoms. The van der Waals surface area contributed by atoms with E-state index in [2.05, 4.69) is 16.2 Å². The van der Waals surface area contributed by atoms with Crippen LogP contribution in [0.5, 0.6) is 0 Å². The molecule has 0 bridgehead atoms. The maximum absolute atomic E-state index is 13.1. The van der Waals surface area contributed by atoms with E-state index < -0.39 is 5.56 Å². The molecule has 1 aliphatic rings. The molecule has 4 N–H and O–H groups in total. The zero-order valence-corrected chi connectivity index (χ0v) is 17.3. The number of benzene rings is 1. The van der Waals surface area contributed by atoms with Crippen molar-refractivity contribution in [1.29, 1.82) is 0 Å². The third-order valence-corrected chi connectivity index (χ3v) is 5.42. The van der Waals surface area contributed by atoms with Gasteiger partial charge in [-0.05, 0) is 43.9 Å². The number of hydrazine groups is 1. The van der Waals surface area contributed by atoms with Gasteiger partial charge in [-0.15, -0.1) is 0 Å². The van der Waals surface area contributed by atoms with Crippen LogP contribution < -0.4 is 27.4 Å². The first-order chi connectivity index (χ1) is 14.0. The minimum absolute atomic E-state index is 0.0885. The van der Waals surface area contributed by atoms with Gasteiger partial charge in [-0.2, -0.15) is 0 Å². The van der Waals surface area contributed by atoms with Crippen molar-refractivity contribution in [3.8, 4) is 0 Å². The number of rotatable bonds is 10. The first-order valence-corrected chi connectivity index (χ1v) is 10.4. The highest BCUT2D eigenvalue weighted by Gasteiger charge is 2.21. The van der Waals surface area contributed by atoms with Crippen molar-refractivity contribution >= 4 is 23.1 Å². The Balaban J connectivity index is 1.96. The topological polar surface area (TPSA) is 100 Å². The smallest absolute Gasteiger partial charge is 0.332 e. The second-order valence-corrected chi connectivity index (χ2v) is 7.60. The van der Waals surface area contributed by atoms with Crippen molar-refractivity contribution in [1.82, 2.24) is 14.6 Å². The van der Waals surface area contributed by atoms with Gasteiger partial charge in [0.05, 0.1) is 0 Å². The molecular formula is C20H28ClN5O3. The maximum atomic E-state index is 13.1. The number of aliphatic hydroxyl groups excluding tert-OH is 1. The van der Waals surface area contributed by atoms with Crippen molar-refractivity contribution < 1.29 is 5.11 Å². The molecule has 0 aliphatic heterocycles. The summed E-state index contributed by atoms with van der Waals surface area (Å²) in [6.45, 7) is 2.75.